The van der Waals surface area contributed by atoms with Crippen molar-refractivity contribution in [3.05, 3.63) is 69.2 Å². The summed E-state index contributed by atoms with van der Waals surface area (Å²) in [6, 6.07) is 11.5. The number of hydrogen-bond acceptors (Lipinski definition) is 6. The lowest BCUT2D eigenvalue weighted by Crippen LogP contribution is -2.34. The van der Waals surface area contributed by atoms with Crippen LogP contribution in [0, 0.1) is 10.1 Å². The van der Waals surface area contributed by atoms with Crippen LogP contribution in [0.1, 0.15) is 18.5 Å². The van der Waals surface area contributed by atoms with E-state index in [1.807, 2.05) is 0 Å². The van der Waals surface area contributed by atoms with Crippen molar-refractivity contribution in [2.75, 3.05) is 11.9 Å². The van der Waals surface area contributed by atoms with Gasteiger partial charge in [0.1, 0.15) is 0 Å². The fraction of sp³-hybridized carbons (Fsp3) is 0.235. The van der Waals surface area contributed by atoms with Crippen molar-refractivity contribution >= 4 is 28.9 Å². The molecule has 25 heavy (non-hydrogen) atoms. The molecule has 0 fully saturated rings. The average molecular weight is 365 g/mol. The molecule has 2 aromatic carbocycles. The Balaban J connectivity index is 2.33. The minimum Gasteiger partial charge on any atom is -0.464 e. The highest BCUT2D eigenvalue weighted by Gasteiger charge is 2.29. The van der Waals surface area contributed by atoms with Gasteiger partial charge in [-0.05, 0) is 30.7 Å². The predicted molar refractivity (Wildman–Crippen MR) is 93.6 cm³/mol. The first-order chi connectivity index (χ1) is 11.9. The normalized spacial score (nSPS) is 12.9. The third kappa shape index (κ3) is 4.91. The molecule has 0 amide bonds. The second kappa shape index (κ2) is 8.46. The maximum absolute atomic E-state index is 11.9. The van der Waals surface area contributed by atoms with E-state index in [0.717, 1.165) is 0 Å². The second-order valence-corrected chi connectivity index (χ2v) is 5.61. The van der Waals surface area contributed by atoms with Gasteiger partial charge >= 0.3 is 5.97 Å². The lowest BCUT2D eigenvalue weighted by atomic mass is 10.0. The Kier molecular flexibility index (Phi) is 6.32. The number of carbonyl (C=O) groups is 1. The Hall–Kier alpha value is -2.64. The Bertz CT molecular complexity index is 751. The number of halogens is 1. The molecule has 0 aliphatic heterocycles. The number of carbonyl (C=O) groups excluding carboxylic acids is 1. The van der Waals surface area contributed by atoms with Crippen molar-refractivity contribution < 1.29 is 19.6 Å². The second-order valence-electron chi connectivity index (χ2n) is 5.18. The number of aliphatic hydroxyl groups excluding tert-OH is 1. The van der Waals surface area contributed by atoms with Gasteiger partial charge in [-0.2, -0.15) is 0 Å². The molecule has 0 aliphatic rings. The summed E-state index contributed by atoms with van der Waals surface area (Å²) in [4.78, 5) is 22.2. The molecule has 8 heteroatoms. The van der Waals surface area contributed by atoms with Crippen LogP contribution in [-0.4, -0.2) is 28.7 Å². The molecule has 0 spiro atoms. The first kappa shape index (κ1) is 18.7. The maximum atomic E-state index is 11.9. The molecular weight excluding hydrogens is 348 g/mol. The van der Waals surface area contributed by atoms with Crippen molar-refractivity contribution in [1.82, 2.24) is 0 Å². The summed E-state index contributed by atoms with van der Waals surface area (Å²) in [5.74, 6) is -0.791. The van der Waals surface area contributed by atoms with E-state index in [-0.39, 0.29) is 12.3 Å². The van der Waals surface area contributed by atoms with Crippen LogP contribution in [0.15, 0.2) is 48.5 Å². The zero-order chi connectivity index (χ0) is 18.4. The van der Waals surface area contributed by atoms with E-state index >= 15 is 0 Å². The zero-order valence-corrected chi connectivity index (χ0v) is 14.1. The number of rotatable bonds is 7. The highest BCUT2D eigenvalue weighted by atomic mass is 35.5. The lowest BCUT2D eigenvalue weighted by Gasteiger charge is -2.24. The first-order valence-corrected chi connectivity index (χ1v) is 7.91. The van der Waals surface area contributed by atoms with E-state index in [1.54, 1.807) is 31.2 Å². The highest BCUT2D eigenvalue weighted by molar-refractivity contribution is 6.30. The van der Waals surface area contributed by atoms with Crippen molar-refractivity contribution in [3.8, 4) is 0 Å². The number of nitrogens with zero attached hydrogens (tertiary/aromatic N) is 1. The highest BCUT2D eigenvalue weighted by Crippen LogP contribution is 2.27. The van der Waals surface area contributed by atoms with E-state index in [0.29, 0.717) is 16.3 Å². The van der Waals surface area contributed by atoms with Crippen LogP contribution in [0.4, 0.5) is 11.4 Å². The van der Waals surface area contributed by atoms with Gasteiger partial charge in [0, 0.05) is 22.8 Å². The molecule has 7 nitrogen and oxygen atoms in total. The molecule has 0 saturated heterocycles. The van der Waals surface area contributed by atoms with E-state index in [1.165, 1.54) is 24.3 Å². The number of nitrogens with one attached hydrogen (secondary N) is 1. The first-order valence-electron chi connectivity index (χ1n) is 7.53. The Morgan fingerprint density at radius 2 is 2.00 bits per heavy atom. The van der Waals surface area contributed by atoms with Gasteiger partial charge in [-0.15, -0.1) is 0 Å². The SMILES string of the molecule is CCOC(=O)[C@@H](O)[C@@H](Nc1cccc(Cl)c1)c1ccc([N+](=O)[O-])cc1. The maximum Gasteiger partial charge on any atom is 0.337 e. The van der Waals surface area contributed by atoms with Gasteiger partial charge in [-0.1, -0.05) is 29.8 Å². The Morgan fingerprint density at radius 1 is 1.32 bits per heavy atom. The van der Waals surface area contributed by atoms with Crippen molar-refractivity contribution in [2.45, 2.75) is 19.1 Å². The van der Waals surface area contributed by atoms with Crippen LogP contribution in [0.3, 0.4) is 0 Å². The number of non-ortho nitro benzene ring substituents is 1. The van der Waals surface area contributed by atoms with Gasteiger partial charge < -0.3 is 15.2 Å². The van der Waals surface area contributed by atoms with Crippen molar-refractivity contribution in [3.63, 3.8) is 0 Å². The number of nitro groups is 1. The van der Waals surface area contributed by atoms with Crippen LogP contribution < -0.4 is 5.32 Å². The van der Waals surface area contributed by atoms with Gasteiger partial charge in [0.2, 0.25) is 0 Å². The predicted octanol–water partition coefficient (Wildman–Crippen LogP) is 3.33. The molecule has 0 radical (unpaired) electrons. The number of benzene rings is 2. The van der Waals surface area contributed by atoms with Gasteiger partial charge in [0.25, 0.3) is 5.69 Å². The summed E-state index contributed by atoms with van der Waals surface area (Å²) >= 11 is 5.95. The van der Waals surface area contributed by atoms with Gasteiger partial charge in [-0.25, -0.2) is 4.79 Å². The molecule has 132 valence electrons. The molecule has 0 aliphatic carbocycles. The van der Waals surface area contributed by atoms with Crippen LogP contribution >= 0.6 is 11.6 Å². The third-order valence-electron chi connectivity index (χ3n) is 3.45. The fourth-order valence-corrected chi connectivity index (χ4v) is 2.46. The van der Waals surface area contributed by atoms with Crippen molar-refractivity contribution in [2.24, 2.45) is 0 Å². The monoisotopic (exact) mass is 364 g/mol. The minimum absolute atomic E-state index is 0.0871. The molecule has 0 unspecified atom stereocenters. The zero-order valence-electron chi connectivity index (χ0n) is 13.4. The molecular formula is C17H17ClN2O5. The number of nitro benzene ring substituents is 1. The number of anilines is 1. The van der Waals surface area contributed by atoms with Gasteiger partial charge in [-0.3, -0.25) is 10.1 Å². The minimum atomic E-state index is -1.50. The topological polar surface area (TPSA) is 102 Å². The summed E-state index contributed by atoms with van der Waals surface area (Å²) < 4.78 is 4.87. The standard InChI is InChI=1S/C17H17ClN2O5/c1-2-25-17(22)16(21)15(19-13-5-3-4-12(18)10-13)11-6-8-14(9-7-11)20(23)24/h3-10,15-16,19,21H,2H2,1H3/t15-,16-/m0/s1. The van der Waals surface area contributed by atoms with E-state index in [4.69, 9.17) is 16.3 Å². The summed E-state index contributed by atoms with van der Waals surface area (Å²) in [5.41, 5.74) is 0.987. The molecule has 2 atom stereocenters. The number of ether oxygens (including phenoxy) is 1. The molecule has 2 aromatic rings. The Labute approximate surface area is 149 Å². The summed E-state index contributed by atoms with van der Waals surface area (Å²) in [6.07, 6.45) is -1.50. The van der Waals surface area contributed by atoms with Crippen molar-refractivity contribution in [1.29, 1.82) is 0 Å². The molecule has 2 rings (SSSR count). The largest absolute Gasteiger partial charge is 0.464 e. The average Bonchev–Trinajstić information content (AvgIpc) is 2.59. The Morgan fingerprint density at radius 3 is 2.56 bits per heavy atom. The third-order valence-corrected chi connectivity index (χ3v) is 3.69. The summed E-state index contributed by atoms with van der Waals surface area (Å²) in [5, 5.41) is 24.7. The molecule has 0 saturated carbocycles. The van der Waals surface area contributed by atoms with Crippen LogP contribution in [0.25, 0.3) is 0 Å². The molecule has 0 aromatic heterocycles. The van der Waals surface area contributed by atoms with Crippen LogP contribution in [0.2, 0.25) is 5.02 Å². The van der Waals surface area contributed by atoms with Gasteiger partial charge in [0.15, 0.2) is 6.10 Å². The quantitative estimate of drug-likeness (QED) is 0.444. The molecule has 0 bridgehead atoms. The van der Waals surface area contributed by atoms with E-state index in [2.05, 4.69) is 5.32 Å². The molecule has 0 heterocycles. The lowest BCUT2D eigenvalue weighted by molar-refractivity contribution is -0.384. The van der Waals surface area contributed by atoms with Crippen LogP contribution in [0.5, 0.6) is 0 Å². The van der Waals surface area contributed by atoms with Gasteiger partial charge in [0.05, 0.1) is 17.6 Å². The van der Waals surface area contributed by atoms with E-state index < -0.39 is 23.0 Å². The number of esters is 1. The number of aliphatic hydroxyl groups is 1. The molecule has 2 N–H and O–H groups in total. The van der Waals surface area contributed by atoms with E-state index in [9.17, 15) is 20.0 Å². The van der Waals surface area contributed by atoms with Crippen LogP contribution in [-0.2, 0) is 9.53 Å². The summed E-state index contributed by atoms with van der Waals surface area (Å²) in [6.45, 7) is 1.76. The fourth-order valence-electron chi connectivity index (χ4n) is 2.27. The smallest absolute Gasteiger partial charge is 0.337 e. The summed E-state index contributed by atoms with van der Waals surface area (Å²) in [7, 11) is 0. The number of hydrogen-bond donors (Lipinski definition) is 2.